The van der Waals surface area contributed by atoms with E-state index in [1.807, 2.05) is 0 Å². The van der Waals surface area contributed by atoms with Crippen LogP contribution in [0.25, 0.3) is 0 Å². The molecule has 1 saturated heterocycles. The molecule has 0 aliphatic carbocycles. The fraction of sp³-hybridized carbons (Fsp3) is 0.647. The Balaban J connectivity index is 1.93. The SMILES string of the molecule is CC(C)NCc1cccc(CN2CC(C)OC(C)C2)c1. The third-order valence-corrected chi connectivity index (χ3v) is 3.61. The maximum atomic E-state index is 5.79. The standard InChI is InChI=1S/C17H28N2O/c1-13(2)18-9-16-6-5-7-17(8-16)12-19-10-14(3)20-15(4)11-19/h5-8,13-15,18H,9-12H2,1-4H3. The van der Waals surface area contributed by atoms with Gasteiger partial charge >= 0.3 is 0 Å². The van der Waals surface area contributed by atoms with Gasteiger partial charge in [0.1, 0.15) is 0 Å². The predicted octanol–water partition coefficient (Wildman–Crippen LogP) is 2.79. The first-order valence-corrected chi connectivity index (χ1v) is 7.72. The van der Waals surface area contributed by atoms with Crippen LogP contribution in [0.3, 0.4) is 0 Å². The Morgan fingerprint density at radius 1 is 1.20 bits per heavy atom. The topological polar surface area (TPSA) is 24.5 Å². The van der Waals surface area contributed by atoms with Crippen LogP contribution in [0.2, 0.25) is 0 Å². The van der Waals surface area contributed by atoms with Crippen molar-refractivity contribution in [2.45, 2.75) is 59.0 Å². The maximum Gasteiger partial charge on any atom is 0.0678 e. The molecule has 3 nitrogen and oxygen atoms in total. The lowest BCUT2D eigenvalue weighted by Crippen LogP contribution is -2.44. The minimum atomic E-state index is 0.338. The quantitative estimate of drug-likeness (QED) is 0.895. The first kappa shape index (κ1) is 15.5. The highest BCUT2D eigenvalue weighted by Gasteiger charge is 2.21. The lowest BCUT2D eigenvalue weighted by molar-refractivity contribution is -0.0704. The zero-order valence-electron chi connectivity index (χ0n) is 13.2. The molecule has 1 N–H and O–H groups in total. The van der Waals surface area contributed by atoms with Gasteiger partial charge in [0.15, 0.2) is 0 Å². The number of morpholine rings is 1. The molecule has 0 bridgehead atoms. The van der Waals surface area contributed by atoms with E-state index in [9.17, 15) is 0 Å². The van der Waals surface area contributed by atoms with Crippen molar-refractivity contribution < 1.29 is 4.74 Å². The third kappa shape index (κ3) is 4.89. The lowest BCUT2D eigenvalue weighted by Gasteiger charge is -2.35. The van der Waals surface area contributed by atoms with Crippen molar-refractivity contribution >= 4 is 0 Å². The first-order chi connectivity index (χ1) is 9.52. The molecule has 2 atom stereocenters. The van der Waals surface area contributed by atoms with Gasteiger partial charge in [0.25, 0.3) is 0 Å². The van der Waals surface area contributed by atoms with Gasteiger partial charge in [0.05, 0.1) is 12.2 Å². The summed E-state index contributed by atoms with van der Waals surface area (Å²) in [5.41, 5.74) is 2.76. The van der Waals surface area contributed by atoms with E-state index in [1.165, 1.54) is 11.1 Å². The second-order valence-corrected chi connectivity index (χ2v) is 6.31. The molecular formula is C17H28N2O. The molecule has 1 fully saturated rings. The minimum absolute atomic E-state index is 0.338. The van der Waals surface area contributed by atoms with E-state index >= 15 is 0 Å². The Morgan fingerprint density at radius 3 is 2.50 bits per heavy atom. The van der Waals surface area contributed by atoms with Crippen molar-refractivity contribution in [1.82, 2.24) is 10.2 Å². The van der Waals surface area contributed by atoms with Crippen LogP contribution < -0.4 is 5.32 Å². The summed E-state index contributed by atoms with van der Waals surface area (Å²) in [4.78, 5) is 2.49. The number of nitrogens with zero attached hydrogens (tertiary/aromatic N) is 1. The molecule has 20 heavy (non-hydrogen) atoms. The van der Waals surface area contributed by atoms with E-state index in [0.717, 1.165) is 26.2 Å². The third-order valence-electron chi connectivity index (χ3n) is 3.61. The van der Waals surface area contributed by atoms with Crippen molar-refractivity contribution in [3.8, 4) is 0 Å². The fourth-order valence-electron chi connectivity index (χ4n) is 2.83. The van der Waals surface area contributed by atoms with Crippen molar-refractivity contribution in [3.05, 3.63) is 35.4 Å². The Kier molecular flexibility index (Phi) is 5.58. The molecule has 112 valence electrons. The van der Waals surface area contributed by atoms with Gasteiger partial charge in [-0.3, -0.25) is 4.90 Å². The van der Waals surface area contributed by atoms with E-state index in [4.69, 9.17) is 4.74 Å². The molecule has 2 unspecified atom stereocenters. The van der Waals surface area contributed by atoms with Crippen LogP contribution in [0.5, 0.6) is 0 Å². The van der Waals surface area contributed by atoms with Crippen LogP contribution in [0.1, 0.15) is 38.8 Å². The van der Waals surface area contributed by atoms with Gasteiger partial charge in [-0.25, -0.2) is 0 Å². The number of rotatable bonds is 5. The molecule has 0 aromatic heterocycles. The van der Waals surface area contributed by atoms with Gasteiger partial charge in [0, 0.05) is 32.2 Å². The van der Waals surface area contributed by atoms with Crippen LogP contribution in [0.4, 0.5) is 0 Å². The maximum absolute atomic E-state index is 5.79. The molecule has 1 aromatic rings. The zero-order valence-corrected chi connectivity index (χ0v) is 13.2. The average molecular weight is 276 g/mol. The van der Waals surface area contributed by atoms with E-state index in [1.54, 1.807) is 0 Å². The lowest BCUT2D eigenvalue weighted by atomic mass is 10.1. The summed E-state index contributed by atoms with van der Waals surface area (Å²) in [6, 6.07) is 9.44. The molecular weight excluding hydrogens is 248 g/mol. The van der Waals surface area contributed by atoms with Crippen LogP contribution in [0, 0.1) is 0 Å². The summed E-state index contributed by atoms with van der Waals surface area (Å²) < 4.78 is 5.79. The molecule has 1 aliphatic heterocycles. The monoisotopic (exact) mass is 276 g/mol. The highest BCUT2D eigenvalue weighted by atomic mass is 16.5. The molecule has 0 spiro atoms. The van der Waals surface area contributed by atoms with E-state index in [-0.39, 0.29) is 0 Å². The highest BCUT2D eigenvalue weighted by molar-refractivity contribution is 5.23. The van der Waals surface area contributed by atoms with E-state index < -0.39 is 0 Å². The summed E-state index contributed by atoms with van der Waals surface area (Å²) >= 11 is 0. The van der Waals surface area contributed by atoms with Crippen molar-refractivity contribution in [2.75, 3.05) is 13.1 Å². The van der Waals surface area contributed by atoms with Crippen molar-refractivity contribution in [3.63, 3.8) is 0 Å². The summed E-state index contributed by atoms with van der Waals surface area (Å²) in [5.74, 6) is 0. The largest absolute Gasteiger partial charge is 0.373 e. The normalized spacial score (nSPS) is 24.2. The second kappa shape index (κ2) is 7.21. The van der Waals surface area contributed by atoms with Crippen LogP contribution in [-0.4, -0.2) is 36.2 Å². The smallest absolute Gasteiger partial charge is 0.0678 e. The van der Waals surface area contributed by atoms with Crippen molar-refractivity contribution in [2.24, 2.45) is 0 Å². The Labute approximate surface area is 123 Å². The van der Waals surface area contributed by atoms with Gasteiger partial charge < -0.3 is 10.1 Å². The van der Waals surface area contributed by atoms with Crippen molar-refractivity contribution in [1.29, 1.82) is 0 Å². The van der Waals surface area contributed by atoms with Crippen LogP contribution in [0.15, 0.2) is 24.3 Å². The zero-order chi connectivity index (χ0) is 14.5. The molecule has 0 radical (unpaired) electrons. The average Bonchev–Trinajstić information content (AvgIpc) is 2.35. The summed E-state index contributed by atoms with van der Waals surface area (Å²) in [5, 5.41) is 3.47. The Bertz CT molecular complexity index is 409. The number of ether oxygens (including phenoxy) is 1. The highest BCUT2D eigenvalue weighted by Crippen LogP contribution is 2.15. The van der Waals surface area contributed by atoms with Crippen LogP contribution >= 0.6 is 0 Å². The van der Waals surface area contributed by atoms with Gasteiger partial charge in [-0.05, 0) is 25.0 Å². The second-order valence-electron chi connectivity index (χ2n) is 6.31. The molecule has 1 heterocycles. The van der Waals surface area contributed by atoms with Gasteiger partial charge in [-0.15, -0.1) is 0 Å². The molecule has 3 heteroatoms. The fourth-order valence-corrected chi connectivity index (χ4v) is 2.83. The van der Waals surface area contributed by atoms with Crippen LogP contribution in [-0.2, 0) is 17.8 Å². The number of hydrogen-bond donors (Lipinski definition) is 1. The molecule has 2 rings (SSSR count). The van der Waals surface area contributed by atoms with Gasteiger partial charge in [-0.1, -0.05) is 38.1 Å². The molecule has 1 aromatic carbocycles. The molecule has 1 aliphatic rings. The Morgan fingerprint density at radius 2 is 1.85 bits per heavy atom. The summed E-state index contributed by atoms with van der Waals surface area (Å²) in [7, 11) is 0. The number of nitrogens with one attached hydrogen (secondary N) is 1. The van der Waals surface area contributed by atoms with Gasteiger partial charge in [0.2, 0.25) is 0 Å². The Hall–Kier alpha value is -0.900. The first-order valence-electron chi connectivity index (χ1n) is 7.72. The minimum Gasteiger partial charge on any atom is -0.373 e. The predicted molar refractivity (Wildman–Crippen MR) is 83.7 cm³/mol. The number of hydrogen-bond acceptors (Lipinski definition) is 3. The van der Waals surface area contributed by atoms with E-state index in [0.29, 0.717) is 18.2 Å². The molecule has 0 saturated carbocycles. The number of benzene rings is 1. The summed E-state index contributed by atoms with van der Waals surface area (Å²) in [6.07, 6.45) is 0.675. The summed E-state index contributed by atoms with van der Waals surface area (Å²) in [6.45, 7) is 12.7. The van der Waals surface area contributed by atoms with Gasteiger partial charge in [-0.2, -0.15) is 0 Å². The van der Waals surface area contributed by atoms with E-state index in [2.05, 4.69) is 62.2 Å². The molecule has 0 amide bonds.